The van der Waals surface area contributed by atoms with Crippen LogP contribution < -0.4 is 5.32 Å². The molecule has 1 amide bonds. The van der Waals surface area contributed by atoms with E-state index in [2.05, 4.69) is 29.0 Å². The van der Waals surface area contributed by atoms with Gasteiger partial charge in [0.15, 0.2) is 5.03 Å². The molecule has 0 bridgehead atoms. The summed E-state index contributed by atoms with van der Waals surface area (Å²) in [6, 6.07) is 0.283. The van der Waals surface area contributed by atoms with Crippen LogP contribution in [-0.2, 0) is 26.6 Å². The molecule has 30 heavy (non-hydrogen) atoms. The topological polar surface area (TPSA) is 96.8 Å². The molecule has 170 valence electrons. The quantitative estimate of drug-likeness (QED) is 0.666. The second kappa shape index (κ2) is 9.76. The number of morpholine rings is 1. The number of aromatic nitrogens is 2. The number of amides is 1. The Hall–Kier alpha value is -1.49. The van der Waals surface area contributed by atoms with Gasteiger partial charge in [-0.25, -0.2) is 13.4 Å². The van der Waals surface area contributed by atoms with Crippen molar-refractivity contribution in [3.05, 3.63) is 12.0 Å². The number of rotatable bonds is 7. The van der Waals surface area contributed by atoms with Crippen LogP contribution in [0.15, 0.2) is 11.2 Å². The molecule has 0 spiro atoms. The third kappa shape index (κ3) is 5.22. The third-order valence-electron chi connectivity index (χ3n) is 6.29. The second-order valence-corrected chi connectivity index (χ2v) is 10.5. The molecule has 1 aromatic heterocycles. The molecule has 9 nitrogen and oxygen atoms in total. The number of imidazole rings is 1. The summed E-state index contributed by atoms with van der Waals surface area (Å²) >= 11 is 0. The van der Waals surface area contributed by atoms with Crippen LogP contribution in [-0.4, -0.2) is 85.1 Å². The fourth-order valence-corrected chi connectivity index (χ4v) is 5.68. The van der Waals surface area contributed by atoms with E-state index < -0.39 is 10.0 Å². The van der Waals surface area contributed by atoms with E-state index in [4.69, 9.17) is 4.74 Å². The van der Waals surface area contributed by atoms with Crippen molar-refractivity contribution in [3.8, 4) is 0 Å². The maximum Gasteiger partial charge on any atom is 0.262 e. The monoisotopic (exact) mass is 441 g/mol. The standard InChI is InChI=1S/C20H35N5O4S/c1-15(2)18(24-9-11-29-12-10-24)13-21-20(26)17-5-7-25(8-6-17)30(27,28)19-14-23(4)16(3)22-19/h14-15,17-18H,5-13H2,1-4H3,(H,21,26). The Morgan fingerprint density at radius 2 is 1.87 bits per heavy atom. The smallest absolute Gasteiger partial charge is 0.262 e. The van der Waals surface area contributed by atoms with Gasteiger partial charge in [-0.3, -0.25) is 9.69 Å². The molecule has 10 heteroatoms. The van der Waals surface area contributed by atoms with Gasteiger partial charge < -0.3 is 14.6 Å². The van der Waals surface area contributed by atoms with Crippen LogP contribution in [0.3, 0.4) is 0 Å². The molecule has 1 unspecified atom stereocenters. The van der Waals surface area contributed by atoms with Crippen LogP contribution >= 0.6 is 0 Å². The minimum Gasteiger partial charge on any atom is -0.379 e. The Bertz CT molecular complexity index is 805. The predicted molar refractivity (Wildman–Crippen MR) is 113 cm³/mol. The van der Waals surface area contributed by atoms with Gasteiger partial charge >= 0.3 is 0 Å². The molecule has 0 aromatic carbocycles. The Labute approximate surface area is 179 Å². The molecule has 1 atom stereocenters. The van der Waals surface area contributed by atoms with Crippen molar-refractivity contribution in [1.82, 2.24) is 24.1 Å². The Balaban J connectivity index is 1.52. The lowest BCUT2D eigenvalue weighted by Crippen LogP contribution is -2.52. The zero-order chi connectivity index (χ0) is 21.9. The highest BCUT2D eigenvalue weighted by Crippen LogP contribution is 2.24. The molecule has 3 heterocycles. The van der Waals surface area contributed by atoms with Crippen LogP contribution in [0.25, 0.3) is 0 Å². The highest BCUT2D eigenvalue weighted by atomic mass is 32.2. The fraction of sp³-hybridized carbons (Fsp3) is 0.800. The van der Waals surface area contributed by atoms with Gasteiger partial charge in [-0.2, -0.15) is 4.31 Å². The van der Waals surface area contributed by atoms with E-state index >= 15 is 0 Å². The average Bonchev–Trinajstić information content (AvgIpc) is 3.08. The normalized spacial score (nSPS) is 21.1. The molecule has 1 N–H and O–H groups in total. The summed E-state index contributed by atoms with van der Waals surface area (Å²) in [4.78, 5) is 19.3. The van der Waals surface area contributed by atoms with Gasteiger partial charge in [0.25, 0.3) is 10.0 Å². The molecule has 2 saturated heterocycles. The first kappa shape index (κ1) is 23.2. The van der Waals surface area contributed by atoms with Gasteiger partial charge in [-0.05, 0) is 25.7 Å². The first-order chi connectivity index (χ1) is 14.2. The van der Waals surface area contributed by atoms with Gasteiger partial charge in [0.2, 0.25) is 5.91 Å². The summed E-state index contributed by atoms with van der Waals surface area (Å²) in [6.07, 6.45) is 2.60. The molecular weight excluding hydrogens is 406 g/mol. The number of hydrogen-bond donors (Lipinski definition) is 1. The summed E-state index contributed by atoms with van der Waals surface area (Å²) in [5.41, 5.74) is 0. The molecular formula is C20H35N5O4S. The van der Waals surface area contributed by atoms with Crippen LogP contribution in [0.5, 0.6) is 0 Å². The van der Waals surface area contributed by atoms with Crippen molar-refractivity contribution >= 4 is 15.9 Å². The SMILES string of the molecule is Cc1nc(S(=O)(=O)N2CCC(C(=O)NCC(C(C)C)N3CCOCC3)CC2)cn1C. The number of piperidine rings is 1. The summed E-state index contributed by atoms with van der Waals surface area (Å²) in [7, 11) is -1.84. The highest BCUT2D eigenvalue weighted by Gasteiger charge is 2.34. The lowest BCUT2D eigenvalue weighted by atomic mass is 9.96. The number of sulfonamides is 1. The molecule has 0 saturated carbocycles. The molecule has 0 radical (unpaired) electrons. The van der Waals surface area contributed by atoms with E-state index in [0.717, 1.165) is 26.3 Å². The molecule has 1 aromatic rings. The summed E-state index contributed by atoms with van der Waals surface area (Å²) < 4.78 is 34.2. The summed E-state index contributed by atoms with van der Waals surface area (Å²) in [5.74, 6) is 0.957. The minimum absolute atomic E-state index is 0.0274. The van der Waals surface area contributed by atoms with Crippen LogP contribution in [0, 0.1) is 18.8 Å². The summed E-state index contributed by atoms with van der Waals surface area (Å²) in [5, 5.41) is 3.20. The van der Waals surface area contributed by atoms with Crippen LogP contribution in [0.2, 0.25) is 0 Å². The molecule has 2 aliphatic rings. The molecule has 2 aliphatic heterocycles. The van der Waals surface area contributed by atoms with Gasteiger partial charge in [-0.15, -0.1) is 0 Å². The van der Waals surface area contributed by atoms with Gasteiger partial charge in [0.05, 0.1) is 13.2 Å². The van der Waals surface area contributed by atoms with Crippen molar-refractivity contribution < 1.29 is 17.9 Å². The fourth-order valence-electron chi connectivity index (χ4n) is 4.19. The van der Waals surface area contributed by atoms with Gasteiger partial charge in [0, 0.05) is 57.9 Å². The maximum absolute atomic E-state index is 12.8. The van der Waals surface area contributed by atoms with E-state index in [1.54, 1.807) is 24.7 Å². The lowest BCUT2D eigenvalue weighted by Gasteiger charge is -2.37. The largest absolute Gasteiger partial charge is 0.379 e. The molecule has 0 aliphatic carbocycles. The second-order valence-electron chi connectivity index (χ2n) is 8.62. The molecule has 2 fully saturated rings. The van der Waals surface area contributed by atoms with Crippen molar-refractivity contribution in [2.75, 3.05) is 45.9 Å². The Morgan fingerprint density at radius 1 is 1.23 bits per heavy atom. The van der Waals surface area contributed by atoms with Gasteiger partial charge in [-0.1, -0.05) is 13.8 Å². The van der Waals surface area contributed by atoms with E-state index in [-0.39, 0.29) is 22.9 Å². The van der Waals surface area contributed by atoms with Crippen molar-refractivity contribution in [2.24, 2.45) is 18.9 Å². The zero-order valence-corrected chi connectivity index (χ0v) is 19.3. The van der Waals surface area contributed by atoms with E-state index in [9.17, 15) is 13.2 Å². The van der Waals surface area contributed by atoms with E-state index in [1.165, 1.54) is 4.31 Å². The van der Waals surface area contributed by atoms with E-state index in [0.29, 0.717) is 44.2 Å². The number of hydrogen-bond acceptors (Lipinski definition) is 6. The minimum atomic E-state index is -3.61. The van der Waals surface area contributed by atoms with Crippen molar-refractivity contribution in [1.29, 1.82) is 0 Å². The van der Waals surface area contributed by atoms with Crippen molar-refractivity contribution in [2.45, 2.75) is 44.7 Å². The van der Waals surface area contributed by atoms with Crippen LogP contribution in [0.4, 0.5) is 0 Å². The number of ether oxygens (including phenoxy) is 1. The Morgan fingerprint density at radius 3 is 2.40 bits per heavy atom. The number of aryl methyl sites for hydroxylation is 2. The number of carbonyl (C=O) groups excluding carboxylic acids is 1. The average molecular weight is 442 g/mol. The zero-order valence-electron chi connectivity index (χ0n) is 18.5. The first-order valence-electron chi connectivity index (χ1n) is 10.8. The lowest BCUT2D eigenvalue weighted by molar-refractivity contribution is -0.126. The third-order valence-corrected chi connectivity index (χ3v) is 8.06. The predicted octanol–water partition coefficient (Wildman–Crippen LogP) is 0.602. The first-order valence-corrected chi connectivity index (χ1v) is 12.2. The Kier molecular flexibility index (Phi) is 7.54. The molecule has 3 rings (SSSR count). The van der Waals surface area contributed by atoms with Crippen molar-refractivity contribution in [3.63, 3.8) is 0 Å². The van der Waals surface area contributed by atoms with Gasteiger partial charge in [0.1, 0.15) is 5.82 Å². The van der Waals surface area contributed by atoms with Crippen LogP contribution in [0.1, 0.15) is 32.5 Å². The number of nitrogens with zero attached hydrogens (tertiary/aromatic N) is 4. The highest BCUT2D eigenvalue weighted by molar-refractivity contribution is 7.89. The number of carbonyl (C=O) groups is 1. The number of nitrogens with one attached hydrogen (secondary N) is 1. The summed E-state index contributed by atoms with van der Waals surface area (Å²) in [6.45, 7) is 10.7. The maximum atomic E-state index is 12.8. The van der Waals surface area contributed by atoms with E-state index in [1.807, 2.05) is 0 Å².